The highest BCUT2D eigenvalue weighted by molar-refractivity contribution is 7.10. The maximum Gasteiger partial charge on any atom is 0.389 e. The predicted molar refractivity (Wildman–Crippen MR) is 74.7 cm³/mol. The molecule has 1 N–H and O–H groups in total. The van der Waals surface area contributed by atoms with Gasteiger partial charge in [-0.15, -0.1) is 11.3 Å². The van der Waals surface area contributed by atoms with Crippen LogP contribution in [0.5, 0.6) is 0 Å². The summed E-state index contributed by atoms with van der Waals surface area (Å²) >= 11 is 1.71. The van der Waals surface area contributed by atoms with Crippen LogP contribution in [0.4, 0.5) is 13.2 Å². The van der Waals surface area contributed by atoms with Crippen LogP contribution in [0.1, 0.15) is 44.9 Å². The molecule has 1 rings (SSSR count). The Balaban J connectivity index is 2.28. The minimum absolute atomic E-state index is 0.0203. The maximum absolute atomic E-state index is 12.0. The molecule has 0 spiro atoms. The first-order valence-electron chi connectivity index (χ1n) is 6.55. The van der Waals surface area contributed by atoms with E-state index in [1.54, 1.807) is 11.3 Å². The fraction of sp³-hybridized carbons (Fsp3) is 0.714. The molecular weight excluding hydrogens is 271 g/mol. The zero-order chi connectivity index (χ0) is 14.5. The summed E-state index contributed by atoms with van der Waals surface area (Å²) < 4.78 is 36.1. The summed E-state index contributed by atoms with van der Waals surface area (Å²) in [4.78, 5) is 1.29. The average Bonchev–Trinajstić information content (AvgIpc) is 2.78. The standard InChI is InChI=1S/C14H22F3NS/c1-11(6-4-8-14(15,16)17)18-10-13(2,3)12-7-5-9-19-12/h5,7,9,11,18H,4,6,8,10H2,1-3H3. The van der Waals surface area contributed by atoms with Gasteiger partial charge in [-0.2, -0.15) is 13.2 Å². The van der Waals surface area contributed by atoms with Crippen LogP contribution in [0.25, 0.3) is 0 Å². The zero-order valence-electron chi connectivity index (χ0n) is 11.7. The minimum Gasteiger partial charge on any atom is -0.313 e. The van der Waals surface area contributed by atoms with Crippen molar-refractivity contribution in [3.8, 4) is 0 Å². The highest BCUT2D eigenvalue weighted by Crippen LogP contribution is 2.27. The highest BCUT2D eigenvalue weighted by Gasteiger charge is 2.27. The van der Waals surface area contributed by atoms with Crippen molar-refractivity contribution in [1.82, 2.24) is 5.32 Å². The molecule has 1 unspecified atom stereocenters. The number of nitrogens with one attached hydrogen (secondary N) is 1. The fourth-order valence-electron chi connectivity index (χ4n) is 1.89. The molecule has 19 heavy (non-hydrogen) atoms. The first-order chi connectivity index (χ1) is 8.71. The topological polar surface area (TPSA) is 12.0 Å². The molecule has 1 aromatic heterocycles. The summed E-state index contributed by atoms with van der Waals surface area (Å²) in [5.41, 5.74) is 0.0203. The van der Waals surface area contributed by atoms with E-state index in [9.17, 15) is 13.2 Å². The Bertz CT molecular complexity index is 357. The van der Waals surface area contributed by atoms with Gasteiger partial charge in [0.15, 0.2) is 0 Å². The Kier molecular flexibility index (Phi) is 5.86. The third-order valence-electron chi connectivity index (χ3n) is 3.18. The van der Waals surface area contributed by atoms with E-state index < -0.39 is 12.6 Å². The molecule has 1 heterocycles. The van der Waals surface area contributed by atoms with Crippen LogP contribution in [-0.4, -0.2) is 18.8 Å². The molecule has 5 heteroatoms. The monoisotopic (exact) mass is 293 g/mol. The van der Waals surface area contributed by atoms with Gasteiger partial charge in [0, 0.05) is 29.3 Å². The van der Waals surface area contributed by atoms with Gasteiger partial charge in [0.2, 0.25) is 0 Å². The van der Waals surface area contributed by atoms with Crippen LogP contribution < -0.4 is 5.32 Å². The van der Waals surface area contributed by atoms with Crippen molar-refractivity contribution in [2.24, 2.45) is 0 Å². The van der Waals surface area contributed by atoms with E-state index in [4.69, 9.17) is 0 Å². The lowest BCUT2D eigenvalue weighted by Crippen LogP contribution is -2.37. The van der Waals surface area contributed by atoms with E-state index >= 15 is 0 Å². The molecule has 1 nitrogen and oxygen atoms in total. The third kappa shape index (κ3) is 6.43. The lowest BCUT2D eigenvalue weighted by molar-refractivity contribution is -0.135. The molecule has 0 radical (unpaired) electrons. The van der Waals surface area contributed by atoms with Crippen LogP contribution in [0, 0.1) is 0 Å². The van der Waals surface area contributed by atoms with Gasteiger partial charge in [0.25, 0.3) is 0 Å². The number of alkyl halides is 3. The van der Waals surface area contributed by atoms with E-state index in [0.29, 0.717) is 6.42 Å². The molecule has 0 saturated carbocycles. The normalized spacial score (nSPS) is 14.6. The van der Waals surface area contributed by atoms with Crippen molar-refractivity contribution in [3.05, 3.63) is 22.4 Å². The van der Waals surface area contributed by atoms with Gasteiger partial charge in [0.1, 0.15) is 0 Å². The van der Waals surface area contributed by atoms with Crippen molar-refractivity contribution in [3.63, 3.8) is 0 Å². The van der Waals surface area contributed by atoms with Crippen molar-refractivity contribution in [2.45, 2.75) is 57.7 Å². The van der Waals surface area contributed by atoms with E-state index in [1.165, 1.54) is 4.88 Å². The molecule has 0 bridgehead atoms. The Morgan fingerprint density at radius 3 is 2.53 bits per heavy atom. The molecule has 0 amide bonds. The lowest BCUT2D eigenvalue weighted by atomic mass is 9.91. The van der Waals surface area contributed by atoms with E-state index in [2.05, 4.69) is 25.2 Å². The van der Waals surface area contributed by atoms with Crippen LogP contribution in [0.2, 0.25) is 0 Å². The Labute approximate surface area is 117 Å². The molecule has 0 aliphatic carbocycles. The van der Waals surface area contributed by atoms with E-state index in [1.807, 2.05) is 18.4 Å². The molecule has 0 aliphatic heterocycles. The van der Waals surface area contributed by atoms with E-state index in [-0.39, 0.29) is 17.9 Å². The first-order valence-corrected chi connectivity index (χ1v) is 7.43. The Hall–Kier alpha value is -0.550. The summed E-state index contributed by atoms with van der Waals surface area (Å²) in [6.45, 7) is 7.02. The van der Waals surface area contributed by atoms with Gasteiger partial charge >= 0.3 is 6.18 Å². The SMILES string of the molecule is CC(CCCC(F)(F)F)NCC(C)(C)c1cccs1. The summed E-state index contributed by atoms with van der Waals surface area (Å²) in [6.07, 6.45) is -3.97. The van der Waals surface area contributed by atoms with Gasteiger partial charge in [0.05, 0.1) is 0 Å². The average molecular weight is 293 g/mol. The smallest absolute Gasteiger partial charge is 0.313 e. The van der Waals surface area contributed by atoms with Crippen LogP contribution >= 0.6 is 11.3 Å². The van der Waals surface area contributed by atoms with Gasteiger partial charge in [-0.3, -0.25) is 0 Å². The van der Waals surface area contributed by atoms with Gasteiger partial charge in [-0.25, -0.2) is 0 Å². The third-order valence-corrected chi connectivity index (χ3v) is 4.41. The van der Waals surface area contributed by atoms with Crippen LogP contribution in [0.3, 0.4) is 0 Å². The number of hydrogen-bond donors (Lipinski definition) is 1. The maximum atomic E-state index is 12.0. The second-order valence-corrected chi connectivity index (χ2v) is 6.60. The number of hydrogen-bond acceptors (Lipinski definition) is 2. The number of rotatable bonds is 7. The summed E-state index contributed by atoms with van der Waals surface area (Å²) in [6, 6.07) is 4.23. The van der Waals surface area contributed by atoms with Gasteiger partial charge in [-0.1, -0.05) is 19.9 Å². The van der Waals surface area contributed by atoms with Crippen LogP contribution in [0.15, 0.2) is 17.5 Å². The Morgan fingerprint density at radius 1 is 1.32 bits per heavy atom. The zero-order valence-corrected chi connectivity index (χ0v) is 12.5. The second kappa shape index (κ2) is 6.75. The summed E-state index contributed by atoms with van der Waals surface area (Å²) in [7, 11) is 0. The molecule has 0 aromatic carbocycles. The molecule has 0 aliphatic rings. The molecule has 110 valence electrons. The summed E-state index contributed by atoms with van der Waals surface area (Å²) in [5, 5.41) is 5.38. The van der Waals surface area contributed by atoms with Crippen LogP contribution in [-0.2, 0) is 5.41 Å². The quantitative estimate of drug-likeness (QED) is 0.766. The number of thiophene rings is 1. The van der Waals surface area contributed by atoms with Gasteiger partial charge < -0.3 is 5.32 Å². The largest absolute Gasteiger partial charge is 0.389 e. The van der Waals surface area contributed by atoms with Crippen molar-refractivity contribution < 1.29 is 13.2 Å². The van der Waals surface area contributed by atoms with E-state index in [0.717, 1.165) is 6.54 Å². The fourth-order valence-corrected chi connectivity index (χ4v) is 2.74. The van der Waals surface area contributed by atoms with Gasteiger partial charge in [-0.05, 0) is 31.2 Å². The minimum atomic E-state index is -4.03. The number of halogens is 3. The van der Waals surface area contributed by atoms with Crippen molar-refractivity contribution in [2.75, 3.05) is 6.54 Å². The predicted octanol–water partition coefficient (Wildman–Crippen LogP) is 4.74. The summed E-state index contributed by atoms with van der Waals surface area (Å²) in [5.74, 6) is 0. The molecule has 0 fully saturated rings. The molecule has 1 aromatic rings. The second-order valence-electron chi connectivity index (χ2n) is 5.65. The van der Waals surface area contributed by atoms with Crippen molar-refractivity contribution >= 4 is 11.3 Å². The molecule has 0 saturated heterocycles. The Morgan fingerprint density at radius 2 is 2.00 bits per heavy atom. The highest BCUT2D eigenvalue weighted by atomic mass is 32.1. The lowest BCUT2D eigenvalue weighted by Gasteiger charge is -2.26. The molecule has 1 atom stereocenters. The van der Waals surface area contributed by atoms with Crippen molar-refractivity contribution in [1.29, 1.82) is 0 Å². The molecular formula is C14H22F3NS. The first kappa shape index (κ1) is 16.5.